The molecule has 0 spiro atoms. The first-order valence-electron chi connectivity index (χ1n) is 12.5. The van der Waals surface area contributed by atoms with Crippen LogP contribution >= 0.6 is 23.2 Å². The number of rotatable bonds is 8. The van der Waals surface area contributed by atoms with Crippen molar-refractivity contribution in [1.82, 2.24) is 14.5 Å². The molecule has 252 valence electrons. The van der Waals surface area contributed by atoms with E-state index in [-0.39, 0.29) is 33.8 Å². The second-order valence-corrected chi connectivity index (χ2v) is 11.7. The largest absolute Gasteiger partial charge is 0.417 e. The fourth-order valence-corrected chi connectivity index (χ4v) is 5.24. The molecule has 2 aromatic carbocycles. The number of nitrogens with one attached hydrogen (secondary N) is 1. The molecule has 21 heteroatoms. The van der Waals surface area contributed by atoms with Crippen molar-refractivity contribution in [3.8, 4) is 22.8 Å². The minimum Gasteiger partial charge on any atom is -0.382 e. The van der Waals surface area contributed by atoms with Crippen molar-refractivity contribution < 1.29 is 48.8 Å². The molecule has 0 unspecified atom stereocenters. The first-order chi connectivity index (χ1) is 21.7. The highest BCUT2D eigenvalue weighted by atomic mass is 35.5. The Morgan fingerprint density at radius 3 is 2.15 bits per heavy atom. The van der Waals surface area contributed by atoms with Gasteiger partial charge in [0.15, 0.2) is 5.69 Å². The van der Waals surface area contributed by atoms with E-state index in [9.17, 15) is 39.6 Å². The molecule has 2 aromatic heterocycles. The lowest BCUT2D eigenvalue weighted by atomic mass is 10.2. The van der Waals surface area contributed by atoms with Crippen LogP contribution in [0.1, 0.15) is 28.2 Å². The van der Waals surface area contributed by atoms with Crippen molar-refractivity contribution in [2.24, 2.45) is 0 Å². The average Bonchev–Trinajstić information content (AvgIpc) is 3.28. The summed E-state index contributed by atoms with van der Waals surface area (Å²) in [5.41, 5.74) is -0.283. The summed E-state index contributed by atoms with van der Waals surface area (Å²) >= 11 is 12.4. The molecule has 0 bridgehead atoms. The molecule has 0 radical (unpaired) electrons. The molecule has 1 N–H and O–H groups in total. The predicted octanol–water partition coefficient (Wildman–Crippen LogP) is 7.24. The van der Waals surface area contributed by atoms with Gasteiger partial charge in [-0.05, 0) is 61.5 Å². The molecule has 47 heavy (non-hydrogen) atoms. The van der Waals surface area contributed by atoms with Gasteiger partial charge in [0.25, 0.3) is 5.91 Å². The van der Waals surface area contributed by atoms with Crippen molar-refractivity contribution in [1.29, 1.82) is 0 Å². The Labute approximate surface area is 270 Å². The number of pyridine rings is 1. The number of nitrogens with zero attached hydrogens (tertiary/aromatic N) is 4. The number of aromatic nitrogens is 3. The summed E-state index contributed by atoms with van der Waals surface area (Å²) in [4.78, 5) is 29.4. The number of hydrogen-bond acceptors (Lipinski definition) is 9. The van der Waals surface area contributed by atoms with Gasteiger partial charge in [-0.25, -0.2) is 9.97 Å². The molecule has 0 aliphatic rings. The van der Waals surface area contributed by atoms with Gasteiger partial charge in [0.1, 0.15) is 17.4 Å². The number of hydrogen-bond donors (Lipinski definition) is 1. The van der Waals surface area contributed by atoms with E-state index < -0.39 is 51.2 Å². The minimum atomic E-state index is -4.69. The summed E-state index contributed by atoms with van der Waals surface area (Å²) in [6, 6.07) is 11.3. The molecular formula is C26H18Cl2F6N5O7S-. The van der Waals surface area contributed by atoms with Crippen LogP contribution in [0.2, 0.25) is 10.0 Å². The molecule has 4 aromatic rings. The number of benzene rings is 2. The summed E-state index contributed by atoms with van der Waals surface area (Å²) in [5, 5.41) is 17.6. The monoisotopic (exact) mass is 728 g/mol. The van der Waals surface area contributed by atoms with Crippen molar-refractivity contribution >= 4 is 45.0 Å². The fraction of sp³-hybridized carbons (Fsp3) is 0.192. The van der Waals surface area contributed by atoms with E-state index >= 15 is 0 Å². The zero-order valence-corrected chi connectivity index (χ0v) is 25.6. The van der Waals surface area contributed by atoms with Crippen LogP contribution in [0.15, 0.2) is 60.8 Å². The van der Waals surface area contributed by atoms with Crippen LogP contribution in [0.4, 0.5) is 32.2 Å². The van der Waals surface area contributed by atoms with E-state index in [1.807, 2.05) is 0 Å². The van der Waals surface area contributed by atoms with Crippen molar-refractivity contribution in [2.45, 2.75) is 25.7 Å². The van der Waals surface area contributed by atoms with Gasteiger partial charge in [-0.2, -0.15) is 34.8 Å². The molecule has 2 heterocycles. The Bertz CT molecular complexity index is 1870. The van der Waals surface area contributed by atoms with E-state index in [0.717, 1.165) is 12.1 Å². The van der Waals surface area contributed by atoms with Crippen LogP contribution in [0, 0.1) is 22.2 Å². The van der Waals surface area contributed by atoms with E-state index in [0.29, 0.717) is 22.5 Å². The SMILES string of the molecule is Cc1c(C(=O)Nc2ccc(C(F)(F)F)cn2)nc(-c2ccc(Cl)cc2Cl)n1-c1ccc(OS(=O)(=O)CCC(F)(F)F)cc1.O=[N+]([O-])[O-]. The molecule has 0 saturated carbocycles. The maximum absolute atomic E-state index is 13.2. The molecule has 0 atom stereocenters. The van der Waals surface area contributed by atoms with Gasteiger partial charge in [0, 0.05) is 22.5 Å². The second-order valence-electron chi connectivity index (χ2n) is 9.14. The molecule has 0 fully saturated rings. The quantitative estimate of drug-likeness (QED) is 0.0850. The molecule has 12 nitrogen and oxygen atoms in total. The Kier molecular flexibility index (Phi) is 11.3. The predicted molar refractivity (Wildman–Crippen MR) is 156 cm³/mol. The van der Waals surface area contributed by atoms with Gasteiger partial charge in [0.2, 0.25) is 0 Å². The number of amides is 1. The number of alkyl halides is 6. The average molecular weight is 729 g/mol. The highest BCUT2D eigenvalue weighted by molar-refractivity contribution is 7.87. The topological polar surface area (TPSA) is 169 Å². The van der Waals surface area contributed by atoms with E-state index in [1.165, 1.54) is 54.0 Å². The third-order valence-electron chi connectivity index (χ3n) is 5.78. The number of carbonyl (C=O) groups is 1. The van der Waals surface area contributed by atoms with Gasteiger partial charge >= 0.3 is 22.5 Å². The van der Waals surface area contributed by atoms with Crippen LogP contribution in [-0.4, -0.2) is 45.9 Å². The van der Waals surface area contributed by atoms with Crippen LogP contribution in [-0.2, 0) is 16.3 Å². The van der Waals surface area contributed by atoms with Gasteiger partial charge in [-0.1, -0.05) is 23.2 Å². The van der Waals surface area contributed by atoms with E-state index in [4.69, 9.17) is 42.7 Å². The van der Waals surface area contributed by atoms with Gasteiger partial charge in [-0.3, -0.25) is 9.36 Å². The Morgan fingerprint density at radius 1 is 1.02 bits per heavy atom. The first-order valence-corrected chi connectivity index (χ1v) is 14.8. The maximum Gasteiger partial charge on any atom is 0.417 e. The van der Waals surface area contributed by atoms with Crippen molar-refractivity contribution in [2.75, 3.05) is 11.1 Å². The van der Waals surface area contributed by atoms with Gasteiger partial charge in [-0.15, -0.1) is 0 Å². The molecule has 1 amide bonds. The summed E-state index contributed by atoms with van der Waals surface area (Å²) in [5.74, 6) is -2.39. The van der Waals surface area contributed by atoms with Crippen LogP contribution in [0.25, 0.3) is 17.1 Å². The molecular weight excluding hydrogens is 711 g/mol. The minimum absolute atomic E-state index is 0.135. The molecule has 0 aliphatic heterocycles. The second kappa shape index (κ2) is 14.4. The van der Waals surface area contributed by atoms with Crippen LogP contribution in [0.3, 0.4) is 0 Å². The number of halogens is 8. The zero-order chi connectivity index (χ0) is 35.3. The normalized spacial score (nSPS) is 11.8. The summed E-state index contributed by atoms with van der Waals surface area (Å²) in [7, 11) is -4.55. The Hall–Kier alpha value is -4.62. The summed E-state index contributed by atoms with van der Waals surface area (Å²) in [6.45, 7) is 1.52. The lowest BCUT2D eigenvalue weighted by molar-refractivity contribution is -0.402. The number of imidazole rings is 1. The molecule has 4 rings (SSSR count). The van der Waals surface area contributed by atoms with E-state index in [1.54, 1.807) is 0 Å². The highest BCUT2D eigenvalue weighted by Crippen LogP contribution is 2.34. The third kappa shape index (κ3) is 10.4. The Morgan fingerprint density at radius 2 is 1.64 bits per heavy atom. The third-order valence-corrected chi connectivity index (χ3v) is 7.48. The fourth-order valence-electron chi connectivity index (χ4n) is 3.77. The summed E-state index contributed by atoms with van der Waals surface area (Å²) < 4.78 is 106. The van der Waals surface area contributed by atoms with Gasteiger partial charge in [0.05, 0.1) is 33.5 Å². The zero-order valence-electron chi connectivity index (χ0n) is 23.3. The number of carbonyl (C=O) groups excluding carboxylic acids is 1. The highest BCUT2D eigenvalue weighted by Gasteiger charge is 2.32. The summed E-state index contributed by atoms with van der Waals surface area (Å²) in [6.07, 6.45) is -10.3. The Balaban J connectivity index is 0.00000142. The standard InChI is InChI=1S/C26H18Cl2F6N4O4S.NO3/c1-14-22(24(39)36-21-9-2-15(13-35-21)26(32,33)34)37-23(19-8-3-16(27)12-20(19)28)38(14)17-4-6-18(7-5-17)42-43(40,41)11-10-25(29,30)31;2-1(3)4/h2-9,12-13H,10-11H2,1H3,(H,35,36,39);/q;-1. The smallest absolute Gasteiger partial charge is 0.382 e. The van der Waals surface area contributed by atoms with E-state index in [2.05, 4.69) is 15.3 Å². The molecule has 0 aliphatic carbocycles. The maximum atomic E-state index is 13.2. The van der Waals surface area contributed by atoms with Crippen LogP contribution in [0.5, 0.6) is 5.75 Å². The first kappa shape index (κ1) is 36.8. The van der Waals surface area contributed by atoms with Crippen molar-refractivity contribution in [3.05, 3.63) is 103 Å². The van der Waals surface area contributed by atoms with Gasteiger partial charge < -0.3 is 24.8 Å². The lowest BCUT2D eigenvalue weighted by Crippen LogP contribution is -2.20. The van der Waals surface area contributed by atoms with Crippen molar-refractivity contribution in [3.63, 3.8) is 0 Å². The van der Waals surface area contributed by atoms with Crippen LogP contribution < -0.4 is 9.50 Å². The molecule has 0 saturated heterocycles. The number of anilines is 1. The lowest BCUT2D eigenvalue weighted by Gasteiger charge is -2.13.